The van der Waals surface area contributed by atoms with Gasteiger partial charge in [0.2, 0.25) is 0 Å². The third kappa shape index (κ3) is 3.66. The van der Waals surface area contributed by atoms with Crippen molar-refractivity contribution >= 4 is 28.7 Å². The quantitative estimate of drug-likeness (QED) is 0.745. The highest BCUT2D eigenvalue weighted by atomic mass is 32.2. The SMILES string of the molecule is CCN(CC)C(=O)N[C@H]1C[C@@H]2c3cccc4[nH]c(CSC)c(c34)C[C@H]2N(CC)C1. The number of carbonyl (C=O) groups excluding carboxylic acids is 1. The zero-order chi connectivity index (χ0) is 20.5. The maximum atomic E-state index is 12.7. The Balaban J connectivity index is 1.66. The van der Waals surface area contributed by atoms with Crippen LogP contribution in [0.3, 0.4) is 0 Å². The Labute approximate surface area is 178 Å². The van der Waals surface area contributed by atoms with Crippen LogP contribution in [0, 0.1) is 0 Å². The van der Waals surface area contributed by atoms with Crippen LogP contribution in [0.5, 0.6) is 0 Å². The highest BCUT2D eigenvalue weighted by Gasteiger charge is 2.41. The molecule has 0 spiro atoms. The first kappa shape index (κ1) is 20.6. The van der Waals surface area contributed by atoms with Crippen molar-refractivity contribution in [3.8, 4) is 0 Å². The summed E-state index contributed by atoms with van der Waals surface area (Å²) < 4.78 is 0. The van der Waals surface area contributed by atoms with Gasteiger partial charge in [0.05, 0.1) is 0 Å². The molecule has 2 N–H and O–H groups in total. The molecule has 5 nitrogen and oxygen atoms in total. The summed E-state index contributed by atoms with van der Waals surface area (Å²) in [5.41, 5.74) is 5.66. The third-order valence-electron chi connectivity index (χ3n) is 6.86. The number of likely N-dealkylation sites (tertiary alicyclic amines) is 1. The number of likely N-dealkylation sites (N-methyl/N-ethyl adjacent to an activating group) is 1. The van der Waals surface area contributed by atoms with E-state index in [2.05, 4.69) is 46.6 Å². The number of hydrogen-bond acceptors (Lipinski definition) is 3. The van der Waals surface area contributed by atoms with Crippen LogP contribution in [0.2, 0.25) is 0 Å². The van der Waals surface area contributed by atoms with E-state index in [0.717, 1.165) is 44.8 Å². The first-order chi connectivity index (χ1) is 14.1. The first-order valence-corrected chi connectivity index (χ1v) is 12.4. The molecular weight excluding hydrogens is 380 g/mol. The first-order valence-electron chi connectivity index (χ1n) is 11.0. The number of aromatic amines is 1. The van der Waals surface area contributed by atoms with E-state index in [9.17, 15) is 4.79 Å². The summed E-state index contributed by atoms with van der Waals surface area (Å²) in [6.07, 6.45) is 4.31. The minimum absolute atomic E-state index is 0.0770. The Morgan fingerprint density at radius 1 is 1.31 bits per heavy atom. The van der Waals surface area contributed by atoms with Crippen LogP contribution in [0.25, 0.3) is 10.9 Å². The second-order valence-electron chi connectivity index (χ2n) is 8.30. The molecule has 1 aliphatic heterocycles. The van der Waals surface area contributed by atoms with E-state index >= 15 is 0 Å². The molecule has 2 amide bonds. The number of fused-ring (bicyclic) bond motifs is 2. The fourth-order valence-corrected chi connectivity index (χ4v) is 6.01. The van der Waals surface area contributed by atoms with E-state index in [4.69, 9.17) is 0 Å². The Kier molecular flexibility index (Phi) is 6.11. The molecule has 29 heavy (non-hydrogen) atoms. The van der Waals surface area contributed by atoms with Gasteiger partial charge >= 0.3 is 6.03 Å². The third-order valence-corrected chi connectivity index (χ3v) is 7.44. The van der Waals surface area contributed by atoms with Crippen molar-refractivity contribution in [1.29, 1.82) is 0 Å². The van der Waals surface area contributed by atoms with E-state index in [1.54, 1.807) is 0 Å². The fourth-order valence-electron chi connectivity index (χ4n) is 5.47. The summed E-state index contributed by atoms with van der Waals surface area (Å²) in [4.78, 5) is 20.9. The minimum Gasteiger partial charge on any atom is -0.357 e. The van der Waals surface area contributed by atoms with Gasteiger partial charge in [0, 0.05) is 60.0 Å². The molecule has 0 radical (unpaired) electrons. The lowest BCUT2D eigenvalue weighted by Crippen LogP contribution is -2.57. The number of carbonyl (C=O) groups is 1. The van der Waals surface area contributed by atoms with Crippen LogP contribution in [-0.4, -0.2) is 65.3 Å². The number of piperidine rings is 1. The molecule has 2 aliphatic rings. The summed E-state index contributed by atoms with van der Waals surface area (Å²) >= 11 is 1.88. The minimum atomic E-state index is 0.0770. The van der Waals surface area contributed by atoms with Crippen molar-refractivity contribution in [2.45, 2.75) is 57.4 Å². The molecule has 1 aromatic carbocycles. The lowest BCUT2D eigenvalue weighted by Gasteiger charge is -2.47. The van der Waals surface area contributed by atoms with Gasteiger partial charge in [0.1, 0.15) is 0 Å². The number of benzene rings is 1. The van der Waals surface area contributed by atoms with Gasteiger partial charge in [0.25, 0.3) is 0 Å². The Bertz CT molecular complexity index is 875. The Morgan fingerprint density at radius 3 is 2.79 bits per heavy atom. The number of nitrogens with one attached hydrogen (secondary N) is 2. The molecule has 158 valence electrons. The number of rotatable bonds is 6. The predicted octanol–water partition coefficient (Wildman–Crippen LogP) is 4.18. The molecule has 0 bridgehead atoms. The maximum absolute atomic E-state index is 12.7. The van der Waals surface area contributed by atoms with E-state index in [1.165, 1.54) is 27.7 Å². The maximum Gasteiger partial charge on any atom is 0.317 e. The smallest absolute Gasteiger partial charge is 0.317 e. The highest BCUT2D eigenvalue weighted by molar-refractivity contribution is 7.97. The van der Waals surface area contributed by atoms with E-state index in [-0.39, 0.29) is 12.1 Å². The zero-order valence-corrected chi connectivity index (χ0v) is 18.9. The molecule has 1 aromatic heterocycles. The van der Waals surface area contributed by atoms with Crippen LogP contribution in [-0.2, 0) is 12.2 Å². The van der Waals surface area contributed by atoms with Gasteiger partial charge in [-0.1, -0.05) is 19.1 Å². The van der Waals surface area contributed by atoms with Crippen LogP contribution < -0.4 is 5.32 Å². The summed E-state index contributed by atoms with van der Waals surface area (Å²) in [5.74, 6) is 1.51. The fraction of sp³-hybridized carbons (Fsp3) is 0.609. The molecule has 0 unspecified atom stereocenters. The summed E-state index contributed by atoms with van der Waals surface area (Å²) in [5, 5.41) is 4.78. The molecular formula is C23H34N4OS. The van der Waals surface area contributed by atoms with Crippen LogP contribution in [0.15, 0.2) is 18.2 Å². The zero-order valence-electron chi connectivity index (χ0n) is 18.1. The molecule has 1 aliphatic carbocycles. The van der Waals surface area contributed by atoms with Crippen LogP contribution >= 0.6 is 11.8 Å². The van der Waals surface area contributed by atoms with Crippen LogP contribution in [0.4, 0.5) is 4.79 Å². The summed E-state index contributed by atoms with van der Waals surface area (Å²) in [6, 6.07) is 7.53. The number of aromatic nitrogens is 1. The topological polar surface area (TPSA) is 51.4 Å². The second-order valence-corrected chi connectivity index (χ2v) is 9.17. The molecule has 3 atom stereocenters. The number of thioether (sulfide) groups is 1. The van der Waals surface area contributed by atoms with Gasteiger partial charge in [-0.05, 0) is 56.7 Å². The van der Waals surface area contributed by atoms with Crippen molar-refractivity contribution in [2.75, 3.05) is 32.4 Å². The van der Waals surface area contributed by atoms with Gasteiger partial charge in [0.15, 0.2) is 0 Å². The number of amides is 2. The molecule has 2 aromatic rings. The lowest BCUT2D eigenvalue weighted by molar-refractivity contribution is 0.103. The monoisotopic (exact) mass is 414 g/mol. The van der Waals surface area contributed by atoms with Gasteiger partial charge in [-0.15, -0.1) is 0 Å². The lowest BCUT2D eigenvalue weighted by atomic mass is 9.73. The van der Waals surface area contributed by atoms with Crippen molar-refractivity contribution in [2.24, 2.45) is 0 Å². The molecule has 0 saturated carbocycles. The van der Waals surface area contributed by atoms with E-state index in [0.29, 0.717) is 12.0 Å². The molecule has 6 heteroatoms. The predicted molar refractivity (Wildman–Crippen MR) is 123 cm³/mol. The number of hydrogen-bond donors (Lipinski definition) is 2. The summed E-state index contributed by atoms with van der Waals surface area (Å²) in [7, 11) is 0. The Morgan fingerprint density at radius 2 is 2.10 bits per heavy atom. The molecule has 1 saturated heterocycles. The largest absolute Gasteiger partial charge is 0.357 e. The van der Waals surface area contributed by atoms with Crippen molar-refractivity contribution in [1.82, 2.24) is 20.1 Å². The Hall–Kier alpha value is -1.66. The number of nitrogens with zero attached hydrogens (tertiary/aromatic N) is 2. The van der Waals surface area contributed by atoms with Gasteiger partial charge in [-0.25, -0.2) is 4.79 Å². The number of urea groups is 1. The standard InChI is InChI=1S/C23H34N4OS/c1-5-26(6-2)23(28)24-15-11-17-16-9-8-10-19-22(16)18(20(25-19)14-29-4)12-21(17)27(7-3)13-15/h8-10,15,17,21,25H,5-7,11-14H2,1-4H3,(H,24,28)/t15-,17+,21+/m0/s1. The van der Waals surface area contributed by atoms with E-state index in [1.807, 2.05) is 30.5 Å². The van der Waals surface area contributed by atoms with Gasteiger partial charge < -0.3 is 15.2 Å². The normalized spacial score (nSPS) is 23.8. The van der Waals surface area contributed by atoms with Crippen LogP contribution in [0.1, 0.15) is 49.9 Å². The summed E-state index contributed by atoms with van der Waals surface area (Å²) in [6.45, 7) is 9.80. The van der Waals surface area contributed by atoms with Gasteiger partial charge in [-0.2, -0.15) is 11.8 Å². The number of H-pyrrole nitrogens is 1. The van der Waals surface area contributed by atoms with E-state index < -0.39 is 0 Å². The average molecular weight is 415 g/mol. The van der Waals surface area contributed by atoms with Crippen molar-refractivity contribution in [3.05, 3.63) is 35.0 Å². The van der Waals surface area contributed by atoms with Crippen molar-refractivity contribution in [3.63, 3.8) is 0 Å². The highest BCUT2D eigenvalue weighted by Crippen LogP contribution is 2.44. The molecule has 2 heterocycles. The van der Waals surface area contributed by atoms with Crippen molar-refractivity contribution < 1.29 is 4.79 Å². The van der Waals surface area contributed by atoms with Gasteiger partial charge in [-0.3, -0.25) is 4.90 Å². The molecule has 1 fully saturated rings. The molecule has 4 rings (SSSR count). The average Bonchev–Trinajstić information content (AvgIpc) is 3.07. The second kappa shape index (κ2) is 8.60.